The average molecular weight is 294 g/mol. The van der Waals surface area contributed by atoms with Gasteiger partial charge in [0, 0.05) is 26.9 Å². The van der Waals surface area contributed by atoms with Gasteiger partial charge in [-0.2, -0.15) is 0 Å². The van der Waals surface area contributed by atoms with Crippen LogP contribution in [0.3, 0.4) is 0 Å². The van der Waals surface area contributed by atoms with E-state index in [9.17, 15) is 4.79 Å². The van der Waals surface area contributed by atoms with Crippen LogP contribution < -0.4 is 0 Å². The summed E-state index contributed by atoms with van der Waals surface area (Å²) in [5, 5.41) is 0. The summed E-state index contributed by atoms with van der Waals surface area (Å²) in [4.78, 5) is 11.1. The highest BCUT2D eigenvalue weighted by Gasteiger charge is 2.41. The molecule has 0 unspecified atom stereocenters. The maximum absolute atomic E-state index is 11.1. The zero-order valence-electron chi connectivity index (χ0n) is 11.5. The Balaban J connectivity index is 3.67. The highest BCUT2D eigenvalue weighted by Crippen LogP contribution is 2.08. The summed E-state index contributed by atoms with van der Waals surface area (Å²) in [6.07, 6.45) is 0.757. The molecule has 0 N–H and O–H groups in total. The molecule has 6 nitrogen and oxygen atoms in total. The standard InChI is InChI=1S/C10H22O6Si2/c1-9(2)10(11)15-7-6-8-17-16-18(12-3,13-4)14-5/h1,6-8,17H2,2-5H3. The summed E-state index contributed by atoms with van der Waals surface area (Å²) in [5.41, 5.74) is 0.410. The molecule has 0 radical (unpaired) electrons. The van der Waals surface area contributed by atoms with E-state index in [4.69, 9.17) is 22.1 Å². The lowest BCUT2D eigenvalue weighted by atomic mass is 10.4. The predicted octanol–water partition coefficient (Wildman–Crippen LogP) is 0.389. The van der Waals surface area contributed by atoms with E-state index in [1.165, 1.54) is 21.3 Å². The minimum absolute atomic E-state index is 0.355. The number of carbonyl (C=O) groups excluding carboxylic acids is 1. The van der Waals surface area contributed by atoms with Gasteiger partial charge in [0.25, 0.3) is 0 Å². The van der Waals surface area contributed by atoms with Crippen molar-refractivity contribution in [2.24, 2.45) is 0 Å². The van der Waals surface area contributed by atoms with Crippen molar-refractivity contribution in [3.63, 3.8) is 0 Å². The first-order valence-electron chi connectivity index (χ1n) is 5.63. The molecule has 0 saturated carbocycles. The molecule has 0 aliphatic heterocycles. The Bertz CT molecular complexity index is 259. The van der Waals surface area contributed by atoms with Gasteiger partial charge in [-0.1, -0.05) is 6.58 Å². The van der Waals surface area contributed by atoms with Gasteiger partial charge in [-0.25, -0.2) is 4.79 Å². The Morgan fingerprint density at radius 1 is 1.22 bits per heavy atom. The second kappa shape index (κ2) is 9.42. The zero-order chi connectivity index (χ0) is 14.0. The molecule has 0 spiro atoms. The molecule has 0 aliphatic rings. The van der Waals surface area contributed by atoms with Gasteiger partial charge >= 0.3 is 15.0 Å². The van der Waals surface area contributed by atoms with E-state index in [2.05, 4.69) is 6.58 Å². The van der Waals surface area contributed by atoms with Gasteiger partial charge < -0.3 is 22.1 Å². The molecule has 8 heteroatoms. The van der Waals surface area contributed by atoms with Crippen LogP contribution in [0.5, 0.6) is 0 Å². The first-order chi connectivity index (χ1) is 8.51. The van der Waals surface area contributed by atoms with Gasteiger partial charge in [0.05, 0.1) is 6.61 Å². The number of esters is 1. The third kappa shape index (κ3) is 6.43. The quantitative estimate of drug-likeness (QED) is 0.251. The smallest absolute Gasteiger partial charge is 0.462 e. The van der Waals surface area contributed by atoms with Crippen molar-refractivity contribution in [3.8, 4) is 0 Å². The van der Waals surface area contributed by atoms with Gasteiger partial charge in [-0.3, -0.25) is 0 Å². The van der Waals surface area contributed by atoms with E-state index in [0.29, 0.717) is 12.2 Å². The fraction of sp³-hybridized carbons (Fsp3) is 0.700. The van der Waals surface area contributed by atoms with Gasteiger partial charge in [-0.05, 0) is 19.4 Å². The average Bonchev–Trinajstić information content (AvgIpc) is 2.38. The largest absolute Gasteiger partial charge is 0.667 e. The monoisotopic (exact) mass is 294 g/mol. The van der Waals surface area contributed by atoms with Crippen LogP contribution >= 0.6 is 0 Å². The fourth-order valence-electron chi connectivity index (χ4n) is 1.12. The SMILES string of the molecule is C=C(C)C(=O)OCCC[SiH2]O[Si](OC)(OC)OC. The van der Waals surface area contributed by atoms with E-state index >= 15 is 0 Å². The normalized spacial score (nSPS) is 12.0. The van der Waals surface area contributed by atoms with Crippen LogP contribution in [-0.4, -0.2) is 52.7 Å². The lowest BCUT2D eigenvalue weighted by Crippen LogP contribution is -2.47. The van der Waals surface area contributed by atoms with Gasteiger partial charge in [0.2, 0.25) is 0 Å². The number of hydrogen-bond donors (Lipinski definition) is 0. The third-order valence-corrected chi connectivity index (χ3v) is 6.67. The summed E-state index contributed by atoms with van der Waals surface area (Å²) in [7, 11) is 0.812. The summed E-state index contributed by atoms with van der Waals surface area (Å²) >= 11 is 0. The zero-order valence-corrected chi connectivity index (χ0v) is 13.9. The van der Waals surface area contributed by atoms with Crippen LogP contribution in [0.4, 0.5) is 0 Å². The van der Waals surface area contributed by atoms with Crippen molar-refractivity contribution >= 4 is 24.8 Å². The van der Waals surface area contributed by atoms with Crippen LogP contribution in [-0.2, 0) is 26.9 Å². The minimum atomic E-state index is -2.88. The molecular formula is C10H22O6Si2. The van der Waals surface area contributed by atoms with Crippen LogP contribution in [0, 0.1) is 0 Å². The topological polar surface area (TPSA) is 63.2 Å². The fourth-order valence-corrected chi connectivity index (χ4v) is 5.02. The summed E-state index contributed by atoms with van der Waals surface area (Å²) in [6, 6.07) is 0.855. The van der Waals surface area contributed by atoms with Crippen LogP contribution in [0.25, 0.3) is 0 Å². The number of carbonyl (C=O) groups is 1. The lowest BCUT2D eigenvalue weighted by molar-refractivity contribution is -0.138. The molecule has 0 saturated heterocycles. The van der Waals surface area contributed by atoms with Crippen LogP contribution in [0.15, 0.2) is 12.2 Å². The highest BCUT2D eigenvalue weighted by atomic mass is 28.4. The molecule has 0 aromatic heterocycles. The first-order valence-corrected chi connectivity index (χ1v) is 8.84. The lowest BCUT2D eigenvalue weighted by Gasteiger charge is -2.23. The molecule has 0 bridgehead atoms. The minimum Gasteiger partial charge on any atom is -0.462 e. The second-order valence-corrected chi connectivity index (χ2v) is 8.08. The van der Waals surface area contributed by atoms with Gasteiger partial charge in [-0.15, -0.1) is 0 Å². The third-order valence-electron chi connectivity index (χ3n) is 2.15. The number of hydrogen-bond acceptors (Lipinski definition) is 6. The van der Waals surface area contributed by atoms with Crippen molar-refractivity contribution in [1.29, 1.82) is 0 Å². The van der Waals surface area contributed by atoms with Crippen molar-refractivity contribution in [2.75, 3.05) is 27.9 Å². The Morgan fingerprint density at radius 3 is 2.22 bits per heavy atom. The van der Waals surface area contributed by atoms with E-state index in [0.717, 1.165) is 12.5 Å². The summed E-state index contributed by atoms with van der Waals surface area (Å²) in [6.45, 7) is 5.50. The van der Waals surface area contributed by atoms with Gasteiger partial charge in [0.1, 0.15) is 0 Å². The van der Waals surface area contributed by atoms with E-state index in [-0.39, 0.29) is 5.97 Å². The van der Waals surface area contributed by atoms with E-state index in [1.807, 2.05) is 0 Å². The molecule has 0 aliphatic carbocycles. The molecule has 106 valence electrons. The van der Waals surface area contributed by atoms with E-state index in [1.54, 1.807) is 6.92 Å². The highest BCUT2D eigenvalue weighted by molar-refractivity contribution is 6.60. The molecule has 0 fully saturated rings. The van der Waals surface area contributed by atoms with Crippen molar-refractivity contribution in [1.82, 2.24) is 0 Å². The Labute approximate surface area is 112 Å². The summed E-state index contributed by atoms with van der Waals surface area (Å²) in [5.74, 6) is -0.355. The number of ether oxygens (including phenoxy) is 1. The van der Waals surface area contributed by atoms with Crippen LogP contribution in [0.2, 0.25) is 6.04 Å². The maximum atomic E-state index is 11.1. The Kier molecular flexibility index (Phi) is 9.15. The number of rotatable bonds is 10. The molecule has 0 rings (SSSR count). The predicted molar refractivity (Wildman–Crippen MR) is 71.6 cm³/mol. The molecule has 0 atom stereocenters. The molecule has 0 aromatic carbocycles. The molecule has 18 heavy (non-hydrogen) atoms. The second-order valence-electron chi connectivity index (χ2n) is 3.58. The van der Waals surface area contributed by atoms with Crippen molar-refractivity contribution < 1.29 is 26.9 Å². The maximum Gasteiger partial charge on any atom is 0.667 e. The Morgan fingerprint density at radius 2 is 1.78 bits per heavy atom. The summed E-state index contributed by atoms with van der Waals surface area (Å²) < 4.78 is 25.9. The molecule has 0 aromatic rings. The Hall–Kier alpha value is -0.516. The van der Waals surface area contributed by atoms with Crippen LogP contribution in [0.1, 0.15) is 13.3 Å². The van der Waals surface area contributed by atoms with Gasteiger partial charge in [0.15, 0.2) is 9.76 Å². The molecule has 0 amide bonds. The van der Waals surface area contributed by atoms with E-state index < -0.39 is 18.8 Å². The van der Waals surface area contributed by atoms with Crippen molar-refractivity contribution in [3.05, 3.63) is 12.2 Å². The van der Waals surface area contributed by atoms with Crippen molar-refractivity contribution in [2.45, 2.75) is 19.4 Å². The first kappa shape index (κ1) is 17.5. The molecular weight excluding hydrogens is 272 g/mol. The molecule has 0 heterocycles.